The number of benzene rings is 1. The van der Waals surface area contributed by atoms with E-state index in [4.69, 9.17) is 0 Å². The van der Waals surface area contributed by atoms with Crippen molar-refractivity contribution in [2.24, 2.45) is 0 Å². The summed E-state index contributed by atoms with van der Waals surface area (Å²) in [5.41, 5.74) is 3.90. The van der Waals surface area contributed by atoms with Crippen molar-refractivity contribution in [1.29, 1.82) is 0 Å². The quantitative estimate of drug-likeness (QED) is 0.804. The molecule has 2 aliphatic heterocycles. The van der Waals surface area contributed by atoms with Gasteiger partial charge in [-0.15, -0.1) is 0 Å². The van der Waals surface area contributed by atoms with Crippen LogP contribution in [0.2, 0.25) is 0 Å². The fourth-order valence-electron chi connectivity index (χ4n) is 3.64. The van der Waals surface area contributed by atoms with Gasteiger partial charge in [-0.25, -0.2) is 0 Å². The van der Waals surface area contributed by atoms with Crippen LogP contribution in [0, 0.1) is 0 Å². The lowest BCUT2D eigenvalue weighted by Crippen LogP contribution is -2.51. The summed E-state index contributed by atoms with van der Waals surface area (Å²) in [6.45, 7) is 3.31. The Hall–Kier alpha value is -2.07. The van der Waals surface area contributed by atoms with E-state index in [1.54, 1.807) is 0 Å². The third-order valence-electron chi connectivity index (χ3n) is 4.97. The molecular formula is C18H21N3O. The zero-order valence-electron chi connectivity index (χ0n) is 12.9. The zero-order chi connectivity index (χ0) is 15.1. The van der Waals surface area contributed by atoms with Gasteiger partial charge in [0.2, 0.25) is 5.91 Å². The summed E-state index contributed by atoms with van der Waals surface area (Å²) >= 11 is 0. The third-order valence-corrected chi connectivity index (χ3v) is 4.97. The van der Waals surface area contributed by atoms with E-state index < -0.39 is 0 Å². The molecule has 1 aromatic heterocycles. The second kappa shape index (κ2) is 5.29. The van der Waals surface area contributed by atoms with E-state index in [1.807, 2.05) is 4.90 Å². The van der Waals surface area contributed by atoms with Gasteiger partial charge in [-0.3, -0.25) is 9.69 Å². The molecule has 4 heteroatoms. The molecule has 0 unspecified atom stereocenters. The average Bonchev–Trinajstić information content (AvgIpc) is 3.01. The molecule has 1 amide bonds. The van der Waals surface area contributed by atoms with Gasteiger partial charge in [0.05, 0.1) is 12.6 Å². The number of likely N-dealkylation sites (N-methyl/N-ethyl adjacent to an activating group) is 1. The molecule has 1 aromatic carbocycles. The van der Waals surface area contributed by atoms with E-state index >= 15 is 0 Å². The molecule has 0 saturated carbocycles. The first kappa shape index (κ1) is 13.6. The number of aromatic nitrogens is 1. The van der Waals surface area contributed by atoms with Crippen molar-refractivity contribution in [3.05, 3.63) is 59.4 Å². The van der Waals surface area contributed by atoms with Crippen molar-refractivity contribution in [1.82, 2.24) is 14.4 Å². The van der Waals surface area contributed by atoms with Crippen molar-refractivity contribution in [3.8, 4) is 0 Å². The van der Waals surface area contributed by atoms with Gasteiger partial charge in [-0.05, 0) is 36.7 Å². The number of fused-ring (bicyclic) bond motifs is 2. The minimum atomic E-state index is -0.0311. The second-order valence-electron chi connectivity index (χ2n) is 6.36. The van der Waals surface area contributed by atoms with Crippen LogP contribution in [0.4, 0.5) is 0 Å². The monoisotopic (exact) mass is 295 g/mol. The maximum absolute atomic E-state index is 13.0. The van der Waals surface area contributed by atoms with E-state index in [9.17, 15) is 4.79 Å². The molecule has 4 rings (SSSR count). The first-order chi connectivity index (χ1) is 10.7. The lowest BCUT2D eigenvalue weighted by atomic mass is 9.93. The van der Waals surface area contributed by atoms with Crippen LogP contribution in [0.5, 0.6) is 0 Å². The van der Waals surface area contributed by atoms with Gasteiger partial charge in [-0.2, -0.15) is 0 Å². The maximum atomic E-state index is 13.0. The van der Waals surface area contributed by atoms with Crippen LogP contribution in [0.25, 0.3) is 0 Å². The summed E-state index contributed by atoms with van der Waals surface area (Å²) in [4.78, 5) is 17.2. The first-order valence-electron chi connectivity index (χ1n) is 7.92. The molecule has 2 aliphatic rings. The number of amides is 1. The second-order valence-corrected chi connectivity index (χ2v) is 6.36. The van der Waals surface area contributed by atoms with Gasteiger partial charge < -0.3 is 9.47 Å². The van der Waals surface area contributed by atoms with Gasteiger partial charge in [0.1, 0.15) is 0 Å². The smallest absolute Gasteiger partial charge is 0.240 e. The standard InChI is InChI=1S/C18H21N3O/c1-19-12-15-6-3-2-5-14(15)11-17(19)18(22)21-10-9-20-8-4-7-16(20)13-21/h2-8,17H,9-13H2,1H3/t17-/m0/s1. The summed E-state index contributed by atoms with van der Waals surface area (Å²) < 4.78 is 2.24. The largest absolute Gasteiger partial charge is 0.348 e. The van der Waals surface area contributed by atoms with Crippen molar-refractivity contribution in [3.63, 3.8) is 0 Å². The Morgan fingerprint density at radius 3 is 2.73 bits per heavy atom. The van der Waals surface area contributed by atoms with Crippen LogP contribution in [-0.4, -0.2) is 39.9 Å². The lowest BCUT2D eigenvalue weighted by molar-refractivity contribution is -0.138. The Balaban J connectivity index is 1.54. The normalized spacial score (nSPS) is 21.3. The van der Waals surface area contributed by atoms with Gasteiger partial charge in [0, 0.05) is 31.5 Å². The van der Waals surface area contributed by atoms with E-state index in [-0.39, 0.29) is 11.9 Å². The number of hydrogen-bond donors (Lipinski definition) is 0. The van der Waals surface area contributed by atoms with Gasteiger partial charge >= 0.3 is 0 Å². The van der Waals surface area contributed by atoms with Crippen LogP contribution in [0.3, 0.4) is 0 Å². The number of rotatable bonds is 1. The van der Waals surface area contributed by atoms with Gasteiger partial charge in [0.25, 0.3) is 0 Å². The summed E-state index contributed by atoms with van der Waals surface area (Å²) in [5, 5.41) is 0. The summed E-state index contributed by atoms with van der Waals surface area (Å²) in [6, 6.07) is 12.6. The third kappa shape index (κ3) is 2.24. The van der Waals surface area contributed by atoms with Crippen LogP contribution >= 0.6 is 0 Å². The minimum absolute atomic E-state index is 0.0311. The van der Waals surface area contributed by atoms with Crippen molar-refractivity contribution in [2.75, 3.05) is 13.6 Å². The molecular weight excluding hydrogens is 274 g/mol. The molecule has 0 spiro atoms. The summed E-state index contributed by atoms with van der Waals surface area (Å²) in [6.07, 6.45) is 2.92. The summed E-state index contributed by atoms with van der Waals surface area (Å²) in [7, 11) is 2.06. The Bertz CT molecular complexity index is 706. The highest BCUT2D eigenvalue weighted by Gasteiger charge is 2.33. The average molecular weight is 295 g/mol. The number of hydrogen-bond acceptors (Lipinski definition) is 2. The van der Waals surface area contributed by atoms with E-state index in [0.29, 0.717) is 0 Å². The van der Waals surface area contributed by atoms with Crippen LogP contribution in [0.15, 0.2) is 42.6 Å². The number of carbonyl (C=O) groups excluding carboxylic acids is 1. The van der Waals surface area contributed by atoms with E-state index in [0.717, 1.165) is 32.6 Å². The highest BCUT2D eigenvalue weighted by molar-refractivity contribution is 5.82. The fourth-order valence-corrected chi connectivity index (χ4v) is 3.64. The number of nitrogens with zero attached hydrogens (tertiary/aromatic N) is 3. The van der Waals surface area contributed by atoms with E-state index in [2.05, 4.69) is 59.1 Å². The molecule has 0 saturated heterocycles. The highest BCUT2D eigenvalue weighted by Crippen LogP contribution is 2.24. The van der Waals surface area contributed by atoms with Crippen LogP contribution in [0.1, 0.15) is 16.8 Å². The molecule has 0 N–H and O–H groups in total. The Morgan fingerprint density at radius 2 is 1.86 bits per heavy atom. The van der Waals surface area contributed by atoms with Crippen molar-refractivity contribution < 1.29 is 4.79 Å². The lowest BCUT2D eigenvalue weighted by Gasteiger charge is -2.38. The highest BCUT2D eigenvalue weighted by atomic mass is 16.2. The Kier molecular flexibility index (Phi) is 3.26. The zero-order valence-corrected chi connectivity index (χ0v) is 12.9. The SMILES string of the molecule is CN1Cc2ccccc2C[C@H]1C(=O)N1CCn2cccc2C1. The van der Waals surface area contributed by atoms with Crippen LogP contribution in [-0.2, 0) is 30.8 Å². The molecule has 0 radical (unpaired) electrons. The molecule has 0 aliphatic carbocycles. The van der Waals surface area contributed by atoms with Gasteiger partial charge in [-0.1, -0.05) is 24.3 Å². The van der Waals surface area contributed by atoms with Gasteiger partial charge in [0.15, 0.2) is 0 Å². The summed E-state index contributed by atoms with van der Waals surface area (Å²) in [5.74, 6) is 0.268. The van der Waals surface area contributed by atoms with Crippen molar-refractivity contribution >= 4 is 5.91 Å². The molecule has 0 fully saturated rings. The fraction of sp³-hybridized carbons (Fsp3) is 0.389. The van der Waals surface area contributed by atoms with Crippen molar-refractivity contribution in [2.45, 2.75) is 32.1 Å². The first-order valence-corrected chi connectivity index (χ1v) is 7.92. The Labute approximate surface area is 130 Å². The molecule has 114 valence electrons. The predicted octanol–water partition coefficient (Wildman–Crippen LogP) is 1.89. The van der Waals surface area contributed by atoms with Crippen LogP contribution < -0.4 is 0 Å². The topological polar surface area (TPSA) is 28.5 Å². The molecule has 3 heterocycles. The number of carbonyl (C=O) groups is 1. The molecule has 2 aromatic rings. The minimum Gasteiger partial charge on any atom is -0.348 e. The molecule has 22 heavy (non-hydrogen) atoms. The molecule has 0 bridgehead atoms. The Morgan fingerprint density at radius 1 is 1.05 bits per heavy atom. The molecule has 4 nitrogen and oxygen atoms in total. The maximum Gasteiger partial charge on any atom is 0.240 e. The predicted molar refractivity (Wildman–Crippen MR) is 85.3 cm³/mol. The molecule has 1 atom stereocenters. The van der Waals surface area contributed by atoms with E-state index in [1.165, 1.54) is 16.8 Å².